The van der Waals surface area contributed by atoms with E-state index in [2.05, 4.69) is 20.8 Å². The molecule has 8 heteroatoms. The number of carbonyl (C=O) groups excluding carboxylic acids is 1. The number of hydrogen-bond acceptors (Lipinski definition) is 5. The van der Waals surface area contributed by atoms with E-state index >= 15 is 0 Å². The van der Waals surface area contributed by atoms with E-state index in [4.69, 9.17) is 5.11 Å². The molecule has 110 valence electrons. The number of carbonyl (C=O) groups is 2. The maximum absolute atomic E-state index is 12.0. The zero-order chi connectivity index (χ0) is 15.2. The number of amides is 1. The van der Waals surface area contributed by atoms with Crippen LogP contribution >= 0.6 is 0 Å². The largest absolute Gasteiger partial charge is 0.481 e. The van der Waals surface area contributed by atoms with Gasteiger partial charge in [0.15, 0.2) is 0 Å². The fourth-order valence-electron chi connectivity index (χ4n) is 2.03. The SMILES string of the molecule is Cc1ccccc1C(CC(=O)O)NC(=O)Cn1cnnn1. The number of aromatic nitrogens is 4. The van der Waals surface area contributed by atoms with Crippen LogP contribution in [0.4, 0.5) is 0 Å². The Hall–Kier alpha value is -2.77. The predicted molar refractivity (Wildman–Crippen MR) is 72.1 cm³/mol. The number of hydrogen-bond donors (Lipinski definition) is 2. The summed E-state index contributed by atoms with van der Waals surface area (Å²) >= 11 is 0. The number of aliphatic carboxylic acids is 1. The molecular formula is C13H15N5O3. The molecule has 2 N–H and O–H groups in total. The normalized spacial score (nSPS) is 11.9. The van der Waals surface area contributed by atoms with Crippen molar-refractivity contribution >= 4 is 11.9 Å². The molecule has 1 heterocycles. The zero-order valence-corrected chi connectivity index (χ0v) is 11.4. The molecule has 0 spiro atoms. The van der Waals surface area contributed by atoms with E-state index in [9.17, 15) is 9.59 Å². The number of rotatable bonds is 6. The van der Waals surface area contributed by atoms with Gasteiger partial charge < -0.3 is 10.4 Å². The number of carboxylic acid groups (broad SMARTS) is 1. The molecule has 8 nitrogen and oxygen atoms in total. The first-order valence-electron chi connectivity index (χ1n) is 6.33. The van der Waals surface area contributed by atoms with Gasteiger partial charge in [0.05, 0.1) is 12.5 Å². The summed E-state index contributed by atoms with van der Waals surface area (Å²) in [6, 6.07) is 6.76. The van der Waals surface area contributed by atoms with E-state index in [0.717, 1.165) is 11.1 Å². The minimum atomic E-state index is -0.981. The highest BCUT2D eigenvalue weighted by molar-refractivity contribution is 5.77. The van der Waals surface area contributed by atoms with Crippen molar-refractivity contribution in [1.29, 1.82) is 0 Å². The van der Waals surface area contributed by atoms with Crippen molar-refractivity contribution < 1.29 is 14.7 Å². The highest BCUT2D eigenvalue weighted by Gasteiger charge is 2.19. The first kappa shape index (κ1) is 14.6. The molecular weight excluding hydrogens is 274 g/mol. The second-order valence-electron chi connectivity index (χ2n) is 4.58. The summed E-state index contributed by atoms with van der Waals surface area (Å²) in [5, 5.41) is 22.2. The molecule has 2 aromatic rings. The van der Waals surface area contributed by atoms with Crippen molar-refractivity contribution in [2.45, 2.75) is 25.9 Å². The summed E-state index contributed by atoms with van der Waals surface area (Å²) < 4.78 is 1.27. The molecule has 21 heavy (non-hydrogen) atoms. The van der Waals surface area contributed by atoms with Gasteiger partial charge in [-0.25, -0.2) is 4.68 Å². The molecule has 0 radical (unpaired) electrons. The van der Waals surface area contributed by atoms with Crippen LogP contribution < -0.4 is 5.32 Å². The number of aryl methyl sites for hydroxylation is 1. The van der Waals surface area contributed by atoms with Crippen molar-refractivity contribution in [2.75, 3.05) is 0 Å². The quantitative estimate of drug-likeness (QED) is 0.792. The first-order chi connectivity index (χ1) is 10.1. The maximum atomic E-state index is 12.0. The molecule has 0 aliphatic carbocycles. The van der Waals surface area contributed by atoms with Gasteiger partial charge in [0.25, 0.3) is 0 Å². The van der Waals surface area contributed by atoms with E-state index in [1.54, 1.807) is 6.07 Å². The standard InChI is InChI=1S/C13H15N5O3/c1-9-4-2-3-5-10(9)11(6-13(20)21)15-12(19)7-18-8-14-16-17-18/h2-5,8,11H,6-7H2,1H3,(H,15,19)(H,20,21). The Morgan fingerprint density at radius 3 is 2.76 bits per heavy atom. The summed E-state index contributed by atoms with van der Waals surface area (Å²) in [7, 11) is 0. The van der Waals surface area contributed by atoms with E-state index in [1.165, 1.54) is 11.0 Å². The molecule has 0 fully saturated rings. The Balaban J connectivity index is 2.11. The Morgan fingerprint density at radius 2 is 2.14 bits per heavy atom. The van der Waals surface area contributed by atoms with Crippen LogP contribution in [0.5, 0.6) is 0 Å². The number of tetrazole rings is 1. The van der Waals surface area contributed by atoms with Gasteiger partial charge in [0, 0.05) is 0 Å². The fourth-order valence-corrected chi connectivity index (χ4v) is 2.03. The highest BCUT2D eigenvalue weighted by atomic mass is 16.4. The maximum Gasteiger partial charge on any atom is 0.305 e. The van der Waals surface area contributed by atoms with Crippen LogP contribution in [0.1, 0.15) is 23.6 Å². The Kier molecular flexibility index (Phi) is 4.60. The lowest BCUT2D eigenvalue weighted by Crippen LogP contribution is -2.33. The van der Waals surface area contributed by atoms with Crippen molar-refractivity contribution in [3.05, 3.63) is 41.7 Å². The van der Waals surface area contributed by atoms with Crippen molar-refractivity contribution in [1.82, 2.24) is 25.5 Å². The van der Waals surface area contributed by atoms with Crippen LogP contribution in [-0.4, -0.2) is 37.2 Å². The third-order valence-corrected chi connectivity index (χ3v) is 2.97. The Bertz CT molecular complexity index is 626. The molecule has 1 aromatic heterocycles. The first-order valence-corrected chi connectivity index (χ1v) is 6.33. The van der Waals surface area contributed by atoms with Gasteiger partial charge in [-0.1, -0.05) is 24.3 Å². The summed E-state index contributed by atoms with van der Waals surface area (Å²) in [4.78, 5) is 23.0. The van der Waals surface area contributed by atoms with Crippen LogP contribution in [0.3, 0.4) is 0 Å². The van der Waals surface area contributed by atoms with Crippen LogP contribution in [-0.2, 0) is 16.1 Å². The highest BCUT2D eigenvalue weighted by Crippen LogP contribution is 2.20. The fraction of sp³-hybridized carbons (Fsp3) is 0.308. The zero-order valence-electron chi connectivity index (χ0n) is 11.4. The molecule has 1 unspecified atom stereocenters. The number of benzene rings is 1. The molecule has 0 aliphatic heterocycles. The minimum Gasteiger partial charge on any atom is -0.481 e. The van der Waals surface area contributed by atoms with E-state index in [0.29, 0.717) is 0 Å². The van der Waals surface area contributed by atoms with Gasteiger partial charge >= 0.3 is 5.97 Å². The molecule has 1 aromatic carbocycles. The summed E-state index contributed by atoms with van der Waals surface area (Å²) in [5.41, 5.74) is 1.71. The average molecular weight is 289 g/mol. The second kappa shape index (κ2) is 6.60. The van der Waals surface area contributed by atoms with E-state index < -0.39 is 12.0 Å². The lowest BCUT2D eigenvalue weighted by Gasteiger charge is -2.19. The van der Waals surface area contributed by atoms with Crippen LogP contribution in [0.15, 0.2) is 30.6 Å². The molecule has 0 aliphatic rings. The number of nitrogens with one attached hydrogen (secondary N) is 1. The summed E-state index contributed by atoms with van der Waals surface area (Å²) in [6.07, 6.45) is 1.13. The van der Waals surface area contributed by atoms with Crippen molar-refractivity contribution in [3.63, 3.8) is 0 Å². The molecule has 1 atom stereocenters. The topological polar surface area (TPSA) is 110 Å². The number of nitrogens with zero attached hydrogens (tertiary/aromatic N) is 4. The van der Waals surface area contributed by atoms with Crippen LogP contribution in [0, 0.1) is 6.92 Å². The molecule has 0 saturated heterocycles. The van der Waals surface area contributed by atoms with Crippen LogP contribution in [0.2, 0.25) is 0 Å². The minimum absolute atomic E-state index is 0.0605. The summed E-state index contributed by atoms with van der Waals surface area (Å²) in [5.74, 6) is -1.33. The lowest BCUT2D eigenvalue weighted by molar-refractivity contribution is -0.137. The summed E-state index contributed by atoms with van der Waals surface area (Å²) in [6.45, 7) is 1.81. The van der Waals surface area contributed by atoms with Crippen LogP contribution in [0.25, 0.3) is 0 Å². The molecule has 0 bridgehead atoms. The third kappa shape index (κ3) is 4.10. The van der Waals surface area contributed by atoms with Crippen molar-refractivity contribution in [2.24, 2.45) is 0 Å². The lowest BCUT2D eigenvalue weighted by atomic mass is 9.99. The monoisotopic (exact) mass is 289 g/mol. The van der Waals surface area contributed by atoms with Gasteiger partial charge in [-0.15, -0.1) is 5.10 Å². The van der Waals surface area contributed by atoms with Gasteiger partial charge in [-0.3, -0.25) is 9.59 Å². The van der Waals surface area contributed by atoms with Crippen molar-refractivity contribution in [3.8, 4) is 0 Å². The predicted octanol–water partition coefficient (Wildman–Crippen LogP) is 0.314. The van der Waals surface area contributed by atoms with Gasteiger partial charge in [-0.2, -0.15) is 0 Å². The third-order valence-electron chi connectivity index (χ3n) is 2.97. The van der Waals surface area contributed by atoms with Gasteiger partial charge in [0.1, 0.15) is 12.9 Å². The number of carboxylic acids is 1. The van der Waals surface area contributed by atoms with E-state index in [1.807, 2.05) is 25.1 Å². The van der Waals surface area contributed by atoms with E-state index in [-0.39, 0.29) is 18.9 Å². The van der Waals surface area contributed by atoms with Gasteiger partial charge in [-0.05, 0) is 28.5 Å². The van der Waals surface area contributed by atoms with Gasteiger partial charge in [0.2, 0.25) is 5.91 Å². The molecule has 0 saturated carbocycles. The Labute approximate surface area is 120 Å². The Morgan fingerprint density at radius 1 is 1.38 bits per heavy atom. The molecule has 1 amide bonds. The average Bonchev–Trinajstić information content (AvgIpc) is 2.90. The molecule has 2 rings (SSSR count). The smallest absolute Gasteiger partial charge is 0.305 e. The second-order valence-corrected chi connectivity index (χ2v) is 4.58.